The third kappa shape index (κ3) is 4.77. The second-order valence-electron chi connectivity index (χ2n) is 5.11. The van der Waals surface area contributed by atoms with Gasteiger partial charge >= 0.3 is 5.97 Å². The van der Waals surface area contributed by atoms with Crippen molar-refractivity contribution < 1.29 is 19.4 Å². The quantitative estimate of drug-likeness (QED) is 0.838. The van der Waals surface area contributed by atoms with Crippen molar-refractivity contribution in [1.82, 2.24) is 4.90 Å². The fraction of sp³-hybridized carbons (Fsp3) is 0.500. The van der Waals surface area contributed by atoms with Gasteiger partial charge in [-0.2, -0.15) is 0 Å². The Balaban J connectivity index is 2.66. The average Bonchev–Trinajstić information content (AvgIpc) is 2.40. The van der Waals surface area contributed by atoms with Gasteiger partial charge < -0.3 is 14.7 Å². The van der Waals surface area contributed by atoms with Crippen LogP contribution in [0.3, 0.4) is 0 Å². The lowest BCUT2D eigenvalue weighted by Crippen LogP contribution is -2.42. The van der Waals surface area contributed by atoms with E-state index in [1.165, 1.54) is 4.90 Å². The van der Waals surface area contributed by atoms with Gasteiger partial charge in [-0.05, 0) is 44.9 Å². The van der Waals surface area contributed by atoms with E-state index in [1.54, 1.807) is 6.92 Å². The zero-order valence-corrected chi connectivity index (χ0v) is 13.0. The Labute approximate surface area is 125 Å². The highest BCUT2D eigenvalue weighted by molar-refractivity contribution is 5.79. The topological polar surface area (TPSA) is 66.8 Å². The van der Waals surface area contributed by atoms with E-state index in [9.17, 15) is 9.59 Å². The molecule has 1 amide bonds. The molecule has 5 heteroatoms. The molecule has 0 heterocycles. The van der Waals surface area contributed by atoms with E-state index in [-0.39, 0.29) is 25.0 Å². The molecule has 0 aliphatic heterocycles. The molecule has 21 heavy (non-hydrogen) atoms. The van der Waals surface area contributed by atoms with Crippen molar-refractivity contribution in [3.63, 3.8) is 0 Å². The number of rotatable bonds is 7. The summed E-state index contributed by atoms with van der Waals surface area (Å²) in [5, 5.41) is 8.82. The number of likely N-dealkylation sites (N-methyl/N-ethyl adjacent to an activating group) is 1. The molecule has 5 nitrogen and oxygen atoms in total. The fourth-order valence-corrected chi connectivity index (χ4v) is 2.20. The first-order chi connectivity index (χ1) is 9.86. The minimum atomic E-state index is -0.913. The highest BCUT2D eigenvalue weighted by Crippen LogP contribution is 2.20. The molecule has 0 spiro atoms. The number of aryl methyl sites for hydroxylation is 1. The molecular weight excluding hydrogens is 270 g/mol. The second kappa shape index (κ2) is 7.67. The number of carboxylic acids is 1. The van der Waals surface area contributed by atoms with Crippen LogP contribution in [-0.2, 0) is 9.59 Å². The van der Waals surface area contributed by atoms with E-state index in [0.717, 1.165) is 11.1 Å². The van der Waals surface area contributed by atoms with Crippen LogP contribution >= 0.6 is 0 Å². The van der Waals surface area contributed by atoms with Gasteiger partial charge in [0.1, 0.15) is 5.75 Å². The summed E-state index contributed by atoms with van der Waals surface area (Å²) in [5.74, 6) is -0.429. The maximum atomic E-state index is 12.2. The maximum absolute atomic E-state index is 12.2. The highest BCUT2D eigenvalue weighted by atomic mass is 16.5. The number of ether oxygens (including phenoxy) is 1. The summed E-state index contributed by atoms with van der Waals surface area (Å²) in [6, 6.07) is 5.35. The summed E-state index contributed by atoms with van der Waals surface area (Å²) < 4.78 is 5.58. The summed E-state index contributed by atoms with van der Waals surface area (Å²) in [6.45, 7) is 7.87. The van der Waals surface area contributed by atoms with E-state index in [2.05, 4.69) is 0 Å². The predicted octanol–water partition coefficient (Wildman–Crippen LogP) is 2.39. The van der Waals surface area contributed by atoms with Gasteiger partial charge in [0.05, 0.1) is 6.42 Å². The number of nitrogens with zero attached hydrogens (tertiary/aromatic N) is 1. The van der Waals surface area contributed by atoms with Gasteiger partial charge in [-0.15, -0.1) is 0 Å². The van der Waals surface area contributed by atoms with Gasteiger partial charge in [0.2, 0.25) is 0 Å². The molecule has 1 aromatic rings. The van der Waals surface area contributed by atoms with Crippen LogP contribution in [0.2, 0.25) is 0 Å². The number of hydrogen-bond acceptors (Lipinski definition) is 3. The average molecular weight is 293 g/mol. The van der Waals surface area contributed by atoms with Gasteiger partial charge in [-0.3, -0.25) is 9.59 Å². The van der Waals surface area contributed by atoms with Crippen LogP contribution in [-0.4, -0.2) is 41.1 Å². The van der Waals surface area contributed by atoms with Crippen LogP contribution < -0.4 is 4.74 Å². The molecule has 1 unspecified atom stereocenters. The third-order valence-electron chi connectivity index (χ3n) is 3.57. The first-order valence-electron chi connectivity index (χ1n) is 7.07. The van der Waals surface area contributed by atoms with E-state index in [1.807, 2.05) is 39.0 Å². The number of hydrogen-bond donors (Lipinski definition) is 1. The van der Waals surface area contributed by atoms with Gasteiger partial charge in [0, 0.05) is 12.6 Å². The Morgan fingerprint density at radius 2 is 2.00 bits per heavy atom. The van der Waals surface area contributed by atoms with E-state index in [0.29, 0.717) is 12.3 Å². The smallest absolute Gasteiger partial charge is 0.305 e. The maximum Gasteiger partial charge on any atom is 0.305 e. The van der Waals surface area contributed by atoms with Gasteiger partial charge in [-0.25, -0.2) is 0 Å². The molecule has 1 aromatic carbocycles. The standard InChI is InChI=1S/C16H23NO4/c1-5-17(12(3)9-16(19)20)15(18)10-21-14-8-6-7-11(2)13(14)4/h6-8,12H,5,9-10H2,1-4H3,(H,19,20). The number of carbonyl (C=O) groups excluding carboxylic acids is 1. The molecule has 1 rings (SSSR count). The first-order valence-corrected chi connectivity index (χ1v) is 7.07. The Morgan fingerprint density at radius 1 is 1.33 bits per heavy atom. The third-order valence-corrected chi connectivity index (χ3v) is 3.57. The minimum Gasteiger partial charge on any atom is -0.483 e. The number of carbonyl (C=O) groups is 2. The molecule has 0 aromatic heterocycles. The number of amides is 1. The van der Waals surface area contributed by atoms with Crippen LogP contribution in [0.15, 0.2) is 18.2 Å². The van der Waals surface area contributed by atoms with Crippen molar-refractivity contribution >= 4 is 11.9 Å². The molecule has 116 valence electrons. The molecule has 0 aliphatic rings. The normalized spacial score (nSPS) is 11.8. The Kier molecular flexibility index (Phi) is 6.21. The molecule has 0 saturated carbocycles. The van der Waals surface area contributed by atoms with Crippen LogP contribution in [0.5, 0.6) is 5.75 Å². The zero-order chi connectivity index (χ0) is 16.0. The summed E-state index contributed by atoms with van der Waals surface area (Å²) in [5.41, 5.74) is 2.11. The molecule has 1 atom stereocenters. The first kappa shape index (κ1) is 17.0. The number of carboxylic acid groups (broad SMARTS) is 1. The summed E-state index contributed by atoms with van der Waals surface area (Å²) >= 11 is 0. The lowest BCUT2D eigenvalue weighted by molar-refractivity contribution is -0.141. The number of benzene rings is 1. The molecule has 0 saturated heterocycles. The van der Waals surface area contributed by atoms with Crippen LogP contribution in [0, 0.1) is 13.8 Å². The Hall–Kier alpha value is -2.04. The van der Waals surface area contributed by atoms with Gasteiger partial charge in [0.15, 0.2) is 6.61 Å². The van der Waals surface area contributed by atoms with E-state index < -0.39 is 5.97 Å². The number of aliphatic carboxylic acids is 1. The molecular formula is C16H23NO4. The monoisotopic (exact) mass is 293 g/mol. The minimum absolute atomic E-state index is 0.0664. The Bertz CT molecular complexity index is 513. The van der Waals surface area contributed by atoms with Crippen molar-refractivity contribution in [3.05, 3.63) is 29.3 Å². The van der Waals surface area contributed by atoms with Crippen molar-refractivity contribution in [2.75, 3.05) is 13.2 Å². The SMILES string of the molecule is CCN(C(=O)COc1cccc(C)c1C)C(C)CC(=O)O. The second-order valence-corrected chi connectivity index (χ2v) is 5.11. The largest absolute Gasteiger partial charge is 0.483 e. The molecule has 1 N–H and O–H groups in total. The van der Waals surface area contributed by atoms with Crippen molar-refractivity contribution in [2.45, 2.75) is 40.2 Å². The zero-order valence-electron chi connectivity index (χ0n) is 13.0. The van der Waals surface area contributed by atoms with Crippen LogP contribution in [0.1, 0.15) is 31.4 Å². The molecule has 0 radical (unpaired) electrons. The summed E-state index contributed by atoms with van der Waals surface area (Å²) in [4.78, 5) is 24.4. The fourth-order valence-electron chi connectivity index (χ4n) is 2.20. The van der Waals surface area contributed by atoms with Gasteiger partial charge in [-0.1, -0.05) is 12.1 Å². The lowest BCUT2D eigenvalue weighted by atomic mass is 10.1. The molecule has 0 bridgehead atoms. The van der Waals surface area contributed by atoms with Crippen molar-refractivity contribution in [1.29, 1.82) is 0 Å². The van der Waals surface area contributed by atoms with Gasteiger partial charge in [0.25, 0.3) is 5.91 Å². The molecule has 0 fully saturated rings. The van der Waals surface area contributed by atoms with Crippen molar-refractivity contribution in [2.24, 2.45) is 0 Å². The van der Waals surface area contributed by atoms with Crippen LogP contribution in [0.4, 0.5) is 0 Å². The van der Waals surface area contributed by atoms with E-state index in [4.69, 9.17) is 9.84 Å². The molecule has 0 aliphatic carbocycles. The summed E-state index contributed by atoms with van der Waals surface area (Å²) in [6.07, 6.45) is -0.0664. The van der Waals surface area contributed by atoms with Crippen LogP contribution in [0.25, 0.3) is 0 Å². The van der Waals surface area contributed by atoms with E-state index >= 15 is 0 Å². The predicted molar refractivity (Wildman–Crippen MR) is 80.5 cm³/mol. The Morgan fingerprint density at radius 3 is 2.57 bits per heavy atom. The lowest BCUT2D eigenvalue weighted by Gasteiger charge is -2.27. The highest BCUT2D eigenvalue weighted by Gasteiger charge is 2.21. The van der Waals surface area contributed by atoms with Crippen molar-refractivity contribution in [3.8, 4) is 5.75 Å². The summed E-state index contributed by atoms with van der Waals surface area (Å²) in [7, 11) is 0.